The first-order chi connectivity index (χ1) is 16.6. The Morgan fingerprint density at radius 2 is 1.97 bits per heavy atom. The van der Waals surface area contributed by atoms with Crippen LogP contribution in [0.2, 0.25) is 0 Å². The van der Waals surface area contributed by atoms with Crippen molar-refractivity contribution >= 4 is 11.7 Å². The van der Waals surface area contributed by atoms with E-state index in [1.165, 1.54) is 6.20 Å². The molecule has 35 heavy (non-hydrogen) atoms. The lowest BCUT2D eigenvalue weighted by atomic mass is 9.93. The summed E-state index contributed by atoms with van der Waals surface area (Å²) < 4.78 is 6.97. The summed E-state index contributed by atoms with van der Waals surface area (Å²) in [5.41, 5.74) is 4.19. The Kier molecular flexibility index (Phi) is 6.74. The number of rotatable bonds is 7. The van der Waals surface area contributed by atoms with Crippen LogP contribution in [0.4, 0.5) is 5.82 Å². The second-order valence-corrected chi connectivity index (χ2v) is 9.57. The molecule has 0 atom stereocenters. The lowest BCUT2D eigenvalue weighted by molar-refractivity contribution is 0.102. The maximum absolute atomic E-state index is 12.9. The summed E-state index contributed by atoms with van der Waals surface area (Å²) in [5.74, 6) is 0.696. The second-order valence-electron chi connectivity index (χ2n) is 9.57. The number of carbonyl (C=O) groups is 1. The van der Waals surface area contributed by atoms with E-state index in [9.17, 15) is 4.79 Å². The quantitative estimate of drug-likeness (QED) is 0.427. The van der Waals surface area contributed by atoms with Crippen LogP contribution in [0.3, 0.4) is 0 Å². The van der Waals surface area contributed by atoms with Crippen LogP contribution in [0.25, 0.3) is 16.9 Å². The Morgan fingerprint density at radius 1 is 1.17 bits per heavy atom. The van der Waals surface area contributed by atoms with E-state index < -0.39 is 0 Å². The fourth-order valence-corrected chi connectivity index (χ4v) is 3.41. The molecule has 0 saturated carbocycles. The number of anilines is 1. The number of hydrogen-bond acceptors (Lipinski definition) is 8. The standard InChI is InChI=1S/C25H30N8O2/c1-7-32(6)14-17-8-18(12-26-11-17)20-15-33(31-29-20)21-9-19(13-27-16(21)2)24(34)28-23-10-22(35-30-23)25(3,4)5/h8-13,15H,7,14H2,1-6H3,(H,28,30,34). The Morgan fingerprint density at radius 3 is 2.69 bits per heavy atom. The van der Waals surface area contributed by atoms with E-state index >= 15 is 0 Å². The highest BCUT2D eigenvalue weighted by Crippen LogP contribution is 2.25. The average molecular weight is 475 g/mol. The molecule has 0 aliphatic rings. The highest BCUT2D eigenvalue weighted by atomic mass is 16.5. The van der Waals surface area contributed by atoms with Gasteiger partial charge in [-0.25, -0.2) is 4.68 Å². The van der Waals surface area contributed by atoms with Crippen molar-refractivity contribution in [2.75, 3.05) is 18.9 Å². The molecule has 4 aromatic rings. The highest BCUT2D eigenvalue weighted by molar-refractivity contribution is 6.03. The monoisotopic (exact) mass is 474 g/mol. The van der Waals surface area contributed by atoms with Gasteiger partial charge in [0, 0.05) is 42.2 Å². The molecule has 0 aliphatic carbocycles. The lowest BCUT2D eigenvalue weighted by Gasteiger charge is -2.13. The molecule has 0 saturated heterocycles. The summed E-state index contributed by atoms with van der Waals surface area (Å²) in [4.78, 5) is 23.8. The number of hydrogen-bond donors (Lipinski definition) is 1. The maximum Gasteiger partial charge on any atom is 0.258 e. The van der Waals surface area contributed by atoms with Crippen molar-refractivity contribution in [1.29, 1.82) is 0 Å². The lowest BCUT2D eigenvalue weighted by Crippen LogP contribution is -2.16. The van der Waals surface area contributed by atoms with Crippen molar-refractivity contribution in [2.45, 2.75) is 46.6 Å². The van der Waals surface area contributed by atoms with E-state index in [-0.39, 0.29) is 11.3 Å². The number of aromatic nitrogens is 6. The van der Waals surface area contributed by atoms with Crippen molar-refractivity contribution in [1.82, 2.24) is 35.0 Å². The zero-order valence-electron chi connectivity index (χ0n) is 20.9. The molecule has 10 heteroatoms. The fourth-order valence-electron chi connectivity index (χ4n) is 3.41. The van der Waals surface area contributed by atoms with Gasteiger partial charge in [0.15, 0.2) is 5.82 Å². The van der Waals surface area contributed by atoms with Crippen LogP contribution in [0.1, 0.15) is 55.1 Å². The molecule has 1 amide bonds. The van der Waals surface area contributed by atoms with Gasteiger partial charge in [0.2, 0.25) is 0 Å². The van der Waals surface area contributed by atoms with Gasteiger partial charge < -0.3 is 14.7 Å². The van der Waals surface area contributed by atoms with Crippen LogP contribution in [0, 0.1) is 6.92 Å². The van der Waals surface area contributed by atoms with E-state index in [2.05, 4.69) is 55.7 Å². The molecule has 0 unspecified atom stereocenters. The maximum atomic E-state index is 12.9. The first-order valence-electron chi connectivity index (χ1n) is 11.4. The van der Waals surface area contributed by atoms with Crippen molar-refractivity contribution in [3.63, 3.8) is 0 Å². The third-order valence-electron chi connectivity index (χ3n) is 5.64. The largest absolute Gasteiger partial charge is 0.359 e. The molecule has 4 rings (SSSR count). The predicted molar refractivity (Wildman–Crippen MR) is 132 cm³/mol. The Labute approximate surface area is 204 Å². The summed E-state index contributed by atoms with van der Waals surface area (Å²) in [5, 5.41) is 15.3. The minimum atomic E-state index is -0.343. The smallest absolute Gasteiger partial charge is 0.258 e. The third-order valence-corrected chi connectivity index (χ3v) is 5.64. The van der Waals surface area contributed by atoms with Crippen molar-refractivity contribution in [3.8, 4) is 16.9 Å². The molecule has 0 spiro atoms. The van der Waals surface area contributed by atoms with Gasteiger partial charge in [-0.1, -0.05) is 38.1 Å². The molecule has 1 N–H and O–H groups in total. The van der Waals surface area contributed by atoms with Crippen LogP contribution in [0.5, 0.6) is 0 Å². The molecule has 0 aliphatic heterocycles. The number of amides is 1. The number of nitrogens with one attached hydrogen (secondary N) is 1. The fraction of sp³-hybridized carbons (Fsp3) is 0.360. The van der Waals surface area contributed by atoms with Crippen molar-refractivity contribution in [3.05, 3.63) is 65.6 Å². The minimum absolute atomic E-state index is 0.208. The predicted octanol–water partition coefficient (Wildman–Crippen LogP) is 4.02. The molecule has 0 bridgehead atoms. The van der Waals surface area contributed by atoms with Gasteiger partial charge in [0.25, 0.3) is 5.91 Å². The van der Waals surface area contributed by atoms with E-state index in [0.717, 1.165) is 24.2 Å². The van der Waals surface area contributed by atoms with Crippen LogP contribution < -0.4 is 5.32 Å². The molecule has 182 valence electrons. The number of aryl methyl sites for hydroxylation is 1. The van der Waals surface area contributed by atoms with E-state index in [4.69, 9.17) is 4.52 Å². The van der Waals surface area contributed by atoms with E-state index in [1.54, 1.807) is 23.0 Å². The summed E-state index contributed by atoms with van der Waals surface area (Å²) in [7, 11) is 2.06. The van der Waals surface area contributed by atoms with Gasteiger partial charge in [0.05, 0.1) is 23.1 Å². The van der Waals surface area contributed by atoms with Crippen LogP contribution in [0.15, 0.2) is 47.5 Å². The molecule has 0 fully saturated rings. The summed E-state index contributed by atoms with van der Waals surface area (Å²) in [6.07, 6.45) is 6.95. The number of carbonyl (C=O) groups excluding carboxylic acids is 1. The van der Waals surface area contributed by atoms with Crippen molar-refractivity contribution < 1.29 is 9.32 Å². The Bertz CT molecular complexity index is 1340. The van der Waals surface area contributed by atoms with Gasteiger partial charge in [-0.15, -0.1) is 5.10 Å². The van der Waals surface area contributed by atoms with Gasteiger partial charge >= 0.3 is 0 Å². The zero-order valence-corrected chi connectivity index (χ0v) is 20.9. The molecule has 0 aromatic carbocycles. The normalized spacial score (nSPS) is 11.7. The Balaban J connectivity index is 1.55. The van der Waals surface area contributed by atoms with Crippen molar-refractivity contribution in [2.24, 2.45) is 0 Å². The topological polar surface area (TPSA) is 115 Å². The van der Waals surface area contributed by atoms with Crippen LogP contribution in [-0.2, 0) is 12.0 Å². The van der Waals surface area contributed by atoms with E-state index in [0.29, 0.717) is 34.2 Å². The molecular weight excluding hydrogens is 444 g/mol. The first-order valence-corrected chi connectivity index (χ1v) is 11.4. The van der Waals surface area contributed by atoms with Gasteiger partial charge in [-0.3, -0.25) is 14.8 Å². The third kappa shape index (κ3) is 5.60. The minimum Gasteiger partial charge on any atom is -0.359 e. The van der Waals surface area contributed by atoms with Gasteiger partial charge in [-0.05, 0) is 38.2 Å². The summed E-state index contributed by atoms with van der Waals surface area (Å²) in [6, 6.07) is 5.52. The zero-order chi connectivity index (χ0) is 25.2. The number of nitrogens with zero attached hydrogens (tertiary/aromatic N) is 7. The summed E-state index contributed by atoms with van der Waals surface area (Å²) >= 11 is 0. The van der Waals surface area contributed by atoms with Crippen LogP contribution >= 0.6 is 0 Å². The Hall–Kier alpha value is -3.92. The molecular formula is C25H30N8O2. The average Bonchev–Trinajstić information content (AvgIpc) is 3.49. The number of pyridine rings is 2. The van der Waals surface area contributed by atoms with E-state index in [1.807, 2.05) is 40.1 Å². The molecule has 4 heterocycles. The van der Waals surface area contributed by atoms with Crippen LogP contribution in [-0.4, -0.2) is 54.5 Å². The highest BCUT2D eigenvalue weighted by Gasteiger charge is 2.21. The SMILES string of the molecule is CCN(C)Cc1cncc(-c2cn(-c3cc(C(=O)Nc4cc(C(C)(C)C)on4)cnc3C)nn2)c1. The molecule has 4 aromatic heterocycles. The molecule has 10 nitrogen and oxygen atoms in total. The van der Waals surface area contributed by atoms with Gasteiger partial charge in [0.1, 0.15) is 11.5 Å². The van der Waals surface area contributed by atoms with Gasteiger partial charge in [-0.2, -0.15) is 0 Å². The second kappa shape index (κ2) is 9.75. The summed E-state index contributed by atoms with van der Waals surface area (Å²) in [6.45, 7) is 11.8. The first kappa shape index (κ1) is 24.2. The molecule has 0 radical (unpaired) electrons.